The number of rotatable bonds is 0. The third-order valence-corrected chi connectivity index (χ3v) is 8.65. The van der Waals surface area contributed by atoms with E-state index in [9.17, 15) is 14.9 Å². The van der Waals surface area contributed by atoms with E-state index < -0.39 is 5.41 Å². The molecule has 0 bridgehead atoms. The molecule has 3 aliphatic heterocycles. The number of ether oxygens (including phenoxy) is 1. The van der Waals surface area contributed by atoms with Crippen LogP contribution in [0, 0.1) is 11.3 Å². The number of anilines is 1. The second kappa shape index (κ2) is 6.50. The normalized spacial score (nSPS) is 29.2. The summed E-state index contributed by atoms with van der Waals surface area (Å²) >= 11 is 0. The predicted octanol–water partition coefficient (Wildman–Crippen LogP) is 4.39. The van der Waals surface area contributed by atoms with Crippen molar-refractivity contribution in [2.24, 2.45) is 5.73 Å². The van der Waals surface area contributed by atoms with Crippen LogP contribution in [0.4, 0.5) is 5.69 Å². The molecule has 0 radical (unpaired) electrons. The lowest BCUT2D eigenvalue weighted by Gasteiger charge is -2.54. The first kappa shape index (κ1) is 20.5. The summed E-state index contributed by atoms with van der Waals surface area (Å²) in [5.74, 6) is 0.117. The third-order valence-electron chi connectivity index (χ3n) is 8.65. The summed E-state index contributed by atoms with van der Waals surface area (Å²) < 4.78 is 5.83. The zero-order chi connectivity index (χ0) is 23.2. The van der Waals surface area contributed by atoms with Gasteiger partial charge in [0.25, 0.3) is 0 Å². The lowest BCUT2D eigenvalue weighted by Crippen LogP contribution is -2.60. The number of ketones is 1. The fraction of sp³-hybridized carbons (Fsp3) is 0.519. The van der Waals surface area contributed by atoms with Crippen LogP contribution in [-0.4, -0.2) is 17.2 Å². The smallest absolute Gasteiger partial charge is 0.248 e. The van der Waals surface area contributed by atoms with Gasteiger partial charge in [-0.15, -0.1) is 0 Å². The molecule has 1 aromatic rings. The number of para-hydroxylation sites is 1. The van der Waals surface area contributed by atoms with Crippen molar-refractivity contribution in [1.82, 2.24) is 0 Å². The highest BCUT2D eigenvalue weighted by Crippen LogP contribution is 2.63. The number of nitriles is 1. The lowest BCUT2D eigenvalue weighted by molar-refractivity contribution is -0.126. The van der Waals surface area contributed by atoms with E-state index in [-0.39, 0.29) is 34.1 Å². The summed E-state index contributed by atoms with van der Waals surface area (Å²) in [4.78, 5) is 30.2. The Hall–Kier alpha value is -3.07. The molecule has 1 fully saturated rings. The summed E-state index contributed by atoms with van der Waals surface area (Å²) in [7, 11) is 0. The van der Waals surface area contributed by atoms with Gasteiger partial charge in [0.1, 0.15) is 22.8 Å². The summed E-state index contributed by atoms with van der Waals surface area (Å²) in [6.45, 7) is 4.50. The van der Waals surface area contributed by atoms with Gasteiger partial charge in [0.2, 0.25) is 11.8 Å². The number of nitrogens with two attached hydrogens (primary N) is 1. The van der Waals surface area contributed by atoms with Gasteiger partial charge in [0.15, 0.2) is 5.78 Å². The first-order valence-corrected chi connectivity index (χ1v) is 12.1. The number of hydrogen-bond donors (Lipinski definition) is 1. The molecule has 1 aromatic carbocycles. The lowest BCUT2D eigenvalue weighted by atomic mass is 9.64. The van der Waals surface area contributed by atoms with Gasteiger partial charge in [-0.3, -0.25) is 9.59 Å². The monoisotopic (exact) mass is 443 g/mol. The second-order valence-electron chi connectivity index (χ2n) is 11.0. The molecule has 1 saturated carbocycles. The van der Waals surface area contributed by atoms with Crippen LogP contribution >= 0.6 is 0 Å². The first-order chi connectivity index (χ1) is 15.8. The van der Waals surface area contributed by atoms with Gasteiger partial charge < -0.3 is 15.4 Å². The Bertz CT molecular complexity index is 1230. The van der Waals surface area contributed by atoms with Crippen LogP contribution in [-0.2, 0) is 25.2 Å². The fourth-order valence-corrected chi connectivity index (χ4v) is 7.53. The molecule has 1 amide bonds. The number of Topliss-reactive ketones (excluding diaryl/α,β-unsaturated/α-hetero) is 1. The number of hydrogen-bond acceptors (Lipinski definition) is 5. The molecule has 0 unspecified atom stereocenters. The van der Waals surface area contributed by atoms with Crippen LogP contribution in [0.25, 0.3) is 0 Å². The maximum absolute atomic E-state index is 14.8. The van der Waals surface area contributed by atoms with Gasteiger partial charge in [-0.2, -0.15) is 5.26 Å². The van der Waals surface area contributed by atoms with Gasteiger partial charge >= 0.3 is 0 Å². The fourth-order valence-electron chi connectivity index (χ4n) is 7.53. The summed E-state index contributed by atoms with van der Waals surface area (Å²) in [6, 6.07) is 8.19. The van der Waals surface area contributed by atoms with E-state index in [1.54, 1.807) is 0 Å². The molecule has 3 heterocycles. The molecule has 2 N–H and O–H groups in total. The van der Waals surface area contributed by atoms with E-state index in [0.717, 1.165) is 48.9 Å². The number of nitrogens with zero attached hydrogens (tertiary/aromatic N) is 2. The van der Waals surface area contributed by atoms with Gasteiger partial charge in [-0.05, 0) is 36.7 Å². The van der Waals surface area contributed by atoms with E-state index in [1.165, 1.54) is 6.42 Å². The number of benzene rings is 1. The standard InChI is InChI=1S/C27H29N3O3/c1-25(2)15-26(12-4-3-5-13-26)30-22-16(25)8-6-9-17(22)27(24(30)32)18(14-28)23(29)33-20-11-7-10-19(31)21(20)27/h6,8-9H,3-5,7,10-13,15,29H2,1-2H3/t27-/m0/s1. The maximum atomic E-state index is 14.8. The first-order valence-electron chi connectivity index (χ1n) is 12.1. The number of amides is 1. The summed E-state index contributed by atoms with van der Waals surface area (Å²) in [5, 5.41) is 10.3. The molecule has 170 valence electrons. The minimum absolute atomic E-state index is 0.0475. The van der Waals surface area contributed by atoms with E-state index in [2.05, 4.69) is 26.0 Å². The second-order valence-corrected chi connectivity index (χ2v) is 11.0. The molecule has 2 spiro atoms. The molecule has 0 saturated heterocycles. The molecular formula is C27H29N3O3. The van der Waals surface area contributed by atoms with Crippen molar-refractivity contribution in [3.63, 3.8) is 0 Å². The quantitative estimate of drug-likeness (QED) is 0.642. The van der Waals surface area contributed by atoms with E-state index >= 15 is 0 Å². The van der Waals surface area contributed by atoms with E-state index in [4.69, 9.17) is 10.5 Å². The van der Waals surface area contributed by atoms with Crippen molar-refractivity contribution in [3.8, 4) is 6.07 Å². The van der Waals surface area contributed by atoms with Crippen LogP contribution in [0.5, 0.6) is 0 Å². The number of carbonyl (C=O) groups excluding carboxylic acids is 2. The SMILES string of the molecule is CC1(C)CC2(CCCCC2)N2C(=O)[C@]3(C(C#N)=C(N)OC4=C3C(=O)CCC4)c3cccc1c32. The van der Waals surface area contributed by atoms with Gasteiger partial charge in [0, 0.05) is 23.9 Å². The Morgan fingerprint density at radius 2 is 1.79 bits per heavy atom. The van der Waals surface area contributed by atoms with Crippen LogP contribution < -0.4 is 10.6 Å². The van der Waals surface area contributed by atoms with Crippen molar-refractivity contribution in [2.45, 2.75) is 88.0 Å². The van der Waals surface area contributed by atoms with Gasteiger partial charge in [0.05, 0.1) is 11.3 Å². The van der Waals surface area contributed by atoms with Crippen molar-refractivity contribution < 1.29 is 14.3 Å². The van der Waals surface area contributed by atoms with Crippen molar-refractivity contribution in [3.05, 3.63) is 52.1 Å². The highest BCUT2D eigenvalue weighted by Gasteiger charge is 2.67. The third kappa shape index (κ3) is 2.33. The molecule has 5 aliphatic rings. The Balaban J connectivity index is 1.73. The Kier molecular flexibility index (Phi) is 4.04. The van der Waals surface area contributed by atoms with Crippen LogP contribution in [0.1, 0.15) is 82.8 Å². The van der Waals surface area contributed by atoms with Crippen molar-refractivity contribution in [2.75, 3.05) is 4.90 Å². The van der Waals surface area contributed by atoms with Gasteiger partial charge in [-0.25, -0.2) is 0 Å². The highest BCUT2D eigenvalue weighted by atomic mass is 16.5. The average Bonchev–Trinajstić information content (AvgIpc) is 3.03. The average molecular weight is 444 g/mol. The van der Waals surface area contributed by atoms with Crippen LogP contribution in [0.15, 0.2) is 41.0 Å². The van der Waals surface area contributed by atoms with E-state index in [1.807, 2.05) is 17.0 Å². The highest BCUT2D eigenvalue weighted by molar-refractivity contribution is 6.21. The number of fused-ring (bicyclic) bond motifs is 3. The van der Waals surface area contributed by atoms with Crippen molar-refractivity contribution >= 4 is 17.4 Å². The zero-order valence-electron chi connectivity index (χ0n) is 19.3. The topological polar surface area (TPSA) is 96.4 Å². The Labute approximate surface area is 194 Å². The van der Waals surface area contributed by atoms with E-state index in [0.29, 0.717) is 30.6 Å². The predicted molar refractivity (Wildman–Crippen MR) is 123 cm³/mol. The Morgan fingerprint density at radius 3 is 2.52 bits per heavy atom. The molecule has 0 aromatic heterocycles. The number of carbonyl (C=O) groups is 2. The largest absolute Gasteiger partial charge is 0.444 e. The van der Waals surface area contributed by atoms with Crippen molar-refractivity contribution in [1.29, 1.82) is 5.26 Å². The molecule has 33 heavy (non-hydrogen) atoms. The minimum Gasteiger partial charge on any atom is -0.444 e. The molecule has 1 atom stereocenters. The molecule has 6 rings (SSSR count). The van der Waals surface area contributed by atoms with Gasteiger partial charge in [-0.1, -0.05) is 51.3 Å². The summed E-state index contributed by atoms with van der Waals surface area (Å²) in [5.41, 5.74) is 7.50. The Morgan fingerprint density at radius 1 is 1.06 bits per heavy atom. The molecular weight excluding hydrogens is 414 g/mol. The van der Waals surface area contributed by atoms with Crippen LogP contribution in [0.2, 0.25) is 0 Å². The maximum Gasteiger partial charge on any atom is 0.248 e. The zero-order valence-corrected chi connectivity index (χ0v) is 19.3. The van der Waals surface area contributed by atoms with Crippen LogP contribution in [0.3, 0.4) is 0 Å². The number of allylic oxidation sites excluding steroid dienone is 1. The molecule has 6 nitrogen and oxygen atoms in total. The molecule has 6 heteroatoms. The minimum atomic E-state index is -1.50. The molecule has 2 aliphatic carbocycles. The summed E-state index contributed by atoms with van der Waals surface area (Å²) in [6.07, 6.45) is 7.60.